The molecule has 0 aliphatic heterocycles. The van der Waals surface area contributed by atoms with Crippen molar-refractivity contribution in [3.05, 3.63) is 22.8 Å². The first-order valence-corrected chi connectivity index (χ1v) is 5.41. The number of anilines is 1. The molecule has 0 unspecified atom stereocenters. The molecule has 0 fully saturated rings. The van der Waals surface area contributed by atoms with Crippen LogP contribution in [0.15, 0.2) is 12.3 Å². The van der Waals surface area contributed by atoms with Crippen LogP contribution in [0.25, 0.3) is 0 Å². The van der Waals surface area contributed by atoms with Gasteiger partial charge in [-0.2, -0.15) is 13.2 Å². The average molecular weight is 268 g/mol. The zero-order chi connectivity index (χ0) is 13.1. The van der Waals surface area contributed by atoms with Crippen LogP contribution >= 0.6 is 11.6 Å². The Labute approximate surface area is 102 Å². The van der Waals surface area contributed by atoms with E-state index in [1.807, 2.05) is 0 Å². The van der Waals surface area contributed by atoms with Crippen LogP contribution in [-0.4, -0.2) is 24.2 Å². The number of hydrogen-bond acceptors (Lipinski definition) is 3. The van der Waals surface area contributed by atoms with Crippen molar-refractivity contribution in [2.45, 2.75) is 19.6 Å². The van der Waals surface area contributed by atoms with Crippen molar-refractivity contribution < 1.29 is 13.2 Å². The smallest absolute Gasteiger partial charge is 0.347 e. The van der Waals surface area contributed by atoms with E-state index in [0.29, 0.717) is 5.56 Å². The van der Waals surface area contributed by atoms with Gasteiger partial charge < -0.3 is 10.6 Å². The van der Waals surface area contributed by atoms with Gasteiger partial charge >= 0.3 is 6.18 Å². The van der Waals surface area contributed by atoms with Crippen LogP contribution in [0.1, 0.15) is 12.5 Å². The molecule has 2 N–H and O–H groups in total. The number of nitrogens with two attached hydrogens (primary N) is 1. The van der Waals surface area contributed by atoms with Gasteiger partial charge in [-0.25, -0.2) is 4.98 Å². The summed E-state index contributed by atoms with van der Waals surface area (Å²) in [6.45, 7) is 0.964. The van der Waals surface area contributed by atoms with E-state index in [1.165, 1.54) is 12.3 Å². The van der Waals surface area contributed by atoms with E-state index in [0.717, 1.165) is 4.90 Å². The largest absolute Gasteiger partial charge is 0.405 e. The molecule has 0 spiro atoms. The molecule has 17 heavy (non-hydrogen) atoms. The Bertz CT molecular complexity index is 382. The third-order valence-corrected chi connectivity index (χ3v) is 2.44. The van der Waals surface area contributed by atoms with Gasteiger partial charge in [0.05, 0.1) is 5.02 Å². The van der Waals surface area contributed by atoms with E-state index in [9.17, 15) is 13.2 Å². The molecule has 3 nitrogen and oxygen atoms in total. The molecule has 0 amide bonds. The first kappa shape index (κ1) is 14.1. The van der Waals surface area contributed by atoms with Gasteiger partial charge in [-0.15, -0.1) is 0 Å². The Kier molecular flexibility index (Phi) is 4.59. The van der Waals surface area contributed by atoms with Crippen LogP contribution in [0.4, 0.5) is 19.0 Å². The number of pyridine rings is 1. The Morgan fingerprint density at radius 3 is 2.53 bits per heavy atom. The Morgan fingerprint density at radius 1 is 1.47 bits per heavy atom. The SMILES string of the molecule is CCN(CC(F)(F)F)c1ncc(CN)cc1Cl. The van der Waals surface area contributed by atoms with Crippen molar-refractivity contribution in [1.29, 1.82) is 0 Å². The van der Waals surface area contributed by atoms with Crippen molar-refractivity contribution in [3.63, 3.8) is 0 Å². The minimum absolute atomic E-state index is 0.128. The number of rotatable bonds is 4. The molecule has 1 aromatic rings. The normalized spacial score (nSPS) is 11.6. The minimum Gasteiger partial charge on any atom is -0.347 e. The number of aromatic nitrogens is 1. The molecule has 0 aliphatic carbocycles. The molecule has 0 aliphatic rings. The van der Waals surface area contributed by atoms with Gasteiger partial charge in [0.25, 0.3) is 0 Å². The maximum atomic E-state index is 12.3. The predicted octanol–water partition coefficient (Wildman–Crippen LogP) is 2.58. The fourth-order valence-corrected chi connectivity index (χ4v) is 1.68. The van der Waals surface area contributed by atoms with Gasteiger partial charge in [-0.05, 0) is 18.6 Å². The van der Waals surface area contributed by atoms with Gasteiger partial charge in [-0.1, -0.05) is 11.6 Å². The van der Waals surface area contributed by atoms with Crippen LogP contribution in [-0.2, 0) is 6.54 Å². The molecule has 1 aromatic heterocycles. The zero-order valence-corrected chi connectivity index (χ0v) is 10.0. The molecular formula is C10H13ClF3N3. The number of halogens is 4. The first-order chi connectivity index (χ1) is 7.87. The average Bonchev–Trinajstić information content (AvgIpc) is 2.24. The molecule has 0 aromatic carbocycles. The summed E-state index contributed by atoms with van der Waals surface area (Å²) in [5, 5.41) is 0.180. The predicted molar refractivity (Wildman–Crippen MR) is 61.1 cm³/mol. The Morgan fingerprint density at radius 2 is 2.12 bits per heavy atom. The number of alkyl halides is 3. The third kappa shape index (κ3) is 4.05. The monoisotopic (exact) mass is 267 g/mol. The van der Waals surface area contributed by atoms with E-state index in [2.05, 4.69) is 4.98 Å². The lowest BCUT2D eigenvalue weighted by atomic mass is 10.3. The van der Waals surface area contributed by atoms with Crippen LogP contribution in [0.2, 0.25) is 5.02 Å². The van der Waals surface area contributed by atoms with Crippen molar-refractivity contribution >= 4 is 17.4 Å². The summed E-state index contributed by atoms with van der Waals surface area (Å²) in [5.74, 6) is 0.128. The van der Waals surface area contributed by atoms with Crippen molar-refractivity contribution in [2.75, 3.05) is 18.0 Å². The first-order valence-electron chi connectivity index (χ1n) is 5.03. The van der Waals surface area contributed by atoms with Gasteiger partial charge in [0, 0.05) is 19.3 Å². The third-order valence-electron chi connectivity index (χ3n) is 2.17. The fourth-order valence-electron chi connectivity index (χ4n) is 1.37. The minimum atomic E-state index is -4.28. The lowest BCUT2D eigenvalue weighted by molar-refractivity contribution is -0.119. The molecule has 0 bridgehead atoms. The summed E-state index contributed by atoms with van der Waals surface area (Å²) >= 11 is 5.88. The van der Waals surface area contributed by atoms with E-state index in [4.69, 9.17) is 17.3 Å². The molecule has 0 radical (unpaired) electrons. The molecule has 0 saturated heterocycles. The van der Waals surface area contributed by atoms with Gasteiger partial charge in [-0.3, -0.25) is 0 Å². The van der Waals surface area contributed by atoms with E-state index in [1.54, 1.807) is 6.92 Å². The summed E-state index contributed by atoms with van der Waals surface area (Å²) in [7, 11) is 0. The maximum Gasteiger partial charge on any atom is 0.405 e. The molecular weight excluding hydrogens is 255 g/mol. The highest BCUT2D eigenvalue weighted by molar-refractivity contribution is 6.33. The van der Waals surface area contributed by atoms with E-state index in [-0.39, 0.29) is 23.9 Å². The van der Waals surface area contributed by atoms with E-state index >= 15 is 0 Å². The molecule has 1 rings (SSSR count). The van der Waals surface area contributed by atoms with Crippen LogP contribution < -0.4 is 10.6 Å². The van der Waals surface area contributed by atoms with Crippen molar-refractivity contribution in [2.24, 2.45) is 5.73 Å². The van der Waals surface area contributed by atoms with Crippen molar-refractivity contribution in [3.8, 4) is 0 Å². The molecule has 1 heterocycles. The molecule has 96 valence electrons. The topological polar surface area (TPSA) is 42.2 Å². The lowest BCUT2D eigenvalue weighted by Gasteiger charge is -2.24. The van der Waals surface area contributed by atoms with Gasteiger partial charge in [0.1, 0.15) is 12.4 Å². The summed E-state index contributed by atoms with van der Waals surface area (Å²) < 4.78 is 37.0. The Hall–Kier alpha value is -1.01. The summed E-state index contributed by atoms with van der Waals surface area (Å²) in [4.78, 5) is 4.99. The molecule has 7 heteroatoms. The number of hydrogen-bond donors (Lipinski definition) is 1. The Balaban J connectivity index is 2.96. The molecule has 0 atom stereocenters. The summed E-state index contributed by atoms with van der Waals surface area (Å²) in [6, 6.07) is 1.53. The quantitative estimate of drug-likeness (QED) is 0.912. The second-order valence-electron chi connectivity index (χ2n) is 3.48. The van der Waals surface area contributed by atoms with Crippen LogP contribution in [0.5, 0.6) is 0 Å². The van der Waals surface area contributed by atoms with Crippen molar-refractivity contribution in [1.82, 2.24) is 4.98 Å². The standard InChI is InChI=1S/C10H13ClF3N3/c1-2-17(6-10(12,13)14)9-8(11)3-7(4-15)5-16-9/h3,5H,2,4,6,15H2,1H3. The summed E-state index contributed by atoms with van der Waals surface area (Å²) in [6.07, 6.45) is -2.85. The lowest BCUT2D eigenvalue weighted by Crippen LogP contribution is -2.34. The molecule has 0 saturated carbocycles. The fraction of sp³-hybridized carbons (Fsp3) is 0.500. The maximum absolute atomic E-state index is 12.3. The van der Waals surface area contributed by atoms with Crippen LogP contribution in [0, 0.1) is 0 Å². The summed E-state index contributed by atoms with van der Waals surface area (Å²) in [5.41, 5.74) is 6.07. The van der Waals surface area contributed by atoms with E-state index < -0.39 is 12.7 Å². The second-order valence-corrected chi connectivity index (χ2v) is 3.89. The zero-order valence-electron chi connectivity index (χ0n) is 9.26. The highest BCUT2D eigenvalue weighted by Gasteiger charge is 2.31. The van der Waals surface area contributed by atoms with Gasteiger partial charge in [0.2, 0.25) is 0 Å². The number of nitrogens with zero attached hydrogens (tertiary/aromatic N) is 2. The highest BCUT2D eigenvalue weighted by Crippen LogP contribution is 2.27. The van der Waals surface area contributed by atoms with Gasteiger partial charge in [0.15, 0.2) is 0 Å². The highest BCUT2D eigenvalue weighted by atomic mass is 35.5. The second kappa shape index (κ2) is 5.55. The van der Waals surface area contributed by atoms with Crippen LogP contribution in [0.3, 0.4) is 0 Å².